The van der Waals surface area contributed by atoms with E-state index in [-0.39, 0.29) is 45.5 Å². The first-order valence-corrected chi connectivity index (χ1v) is 7.11. The van der Waals surface area contributed by atoms with Gasteiger partial charge in [0, 0.05) is 38.8 Å². The quantitative estimate of drug-likeness (QED) is 0.426. The number of hydrogen-bond acceptors (Lipinski definition) is 4. The Morgan fingerprint density at radius 2 is 1.78 bits per heavy atom. The van der Waals surface area contributed by atoms with Crippen LogP contribution in [0.5, 0.6) is 5.75 Å². The minimum absolute atomic E-state index is 0. The van der Waals surface area contributed by atoms with Crippen LogP contribution in [0, 0.1) is 0 Å². The molecule has 0 amide bonds. The smallest absolute Gasteiger partial charge is 0.331 e. The number of rotatable bonds is 4. The Balaban J connectivity index is 0.00000192. The monoisotopic (exact) mass is 385 g/mol. The van der Waals surface area contributed by atoms with Gasteiger partial charge in [-0.25, -0.2) is 4.79 Å². The summed E-state index contributed by atoms with van der Waals surface area (Å²) in [6.07, 6.45) is 1.51. The van der Waals surface area contributed by atoms with E-state index < -0.39 is 0 Å². The first kappa shape index (κ1) is 17.9. The molecular weight excluding hydrogens is 369 g/mol. The number of esters is 1. The predicted octanol–water partition coefficient (Wildman–Crippen LogP) is 2.99. The van der Waals surface area contributed by atoms with Gasteiger partial charge in [-0.2, -0.15) is 0 Å². The number of aliphatic hydroxyl groups excluding tert-OH is 1. The standard InChI is InChI=1S/C18H16O4.Y/c1-2-21-18(20)10-17-14-6-4-3-5-13(14)15-8-7-12(22-11-19)9-16(15)17;/h3-10,19H,2,11H2,1H3;/b17-10+;. The summed E-state index contributed by atoms with van der Waals surface area (Å²) >= 11 is 0. The first-order chi connectivity index (χ1) is 10.7. The van der Waals surface area contributed by atoms with E-state index in [0.717, 1.165) is 27.8 Å². The molecule has 0 bridgehead atoms. The maximum atomic E-state index is 11.9. The van der Waals surface area contributed by atoms with E-state index in [1.54, 1.807) is 13.0 Å². The Morgan fingerprint density at radius 3 is 2.48 bits per heavy atom. The van der Waals surface area contributed by atoms with E-state index in [2.05, 4.69) is 0 Å². The molecular formula is C18H16O4Y. The number of carbonyl (C=O) groups excluding carboxylic acids is 1. The van der Waals surface area contributed by atoms with Crippen molar-refractivity contribution in [3.63, 3.8) is 0 Å². The maximum Gasteiger partial charge on any atom is 0.331 e. The molecule has 1 N–H and O–H groups in total. The summed E-state index contributed by atoms with van der Waals surface area (Å²) in [7, 11) is 0. The van der Waals surface area contributed by atoms with E-state index in [1.165, 1.54) is 6.08 Å². The molecule has 0 saturated carbocycles. The van der Waals surface area contributed by atoms with Gasteiger partial charge < -0.3 is 14.6 Å². The zero-order chi connectivity index (χ0) is 15.5. The average Bonchev–Trinajstić information content (AvgIpc) is 2.82. The van der Waals surface area contributed by atoms with Gasteiger partial charge in [-0.3, -0.25) is 0 Å². The zero-order valence-electron chi connectivity index (χ0n) is 12.8. The van der Waals surface area contributed by atoms with Crippen molar-refractivity contribution in [2.24, 2.45) is 0 Å². The number of hydrogen-bond donors (Lipinski definition) is 1. The van der Waals surface area contributed by atoms with Crippen molar-refractivity contribution in [3.8, 4) is 16.9 Å². The molecule has 0 fully saturated rings. The summed E-state index contributed by atoms with van der Waals surface area (Å²) in [5.74, 6) is 0.192. The fraction of sp³-hybridized carbons (Fsp3) is 0.167. The van der Waals surface area contributed by atoms with Gasteiger partial charge in [0.05, 0.1) is 6.61 Å². The van der Waals surface area contributed by atoms with E-state index in [4.69, 9.17) is 14.6 Å². The third kappa shape index (κ3) is 3.55. The van der Waals surface area contributed by atoms with Crippen molar-refractivity contribution >= 4 is 11.5 Å². The summed E-state index contributed by atoms with van der Waals surface area (Å²) in [6, 6.07) is 13.5. The van der Waals surface area contributed by atoms with Gasteiger partial charge in [0.1, 0.15) is 5.75 Å². The minimum Gasteiger partial charge on any atom is -0.468 e. The fourth-order valence-electron chi connectivity index (χ4n) is 2.70. The molecule has 0 spiro atoms. The number of aliphatic hydroxyl groups is 1. The van der Waals surface area contributed by atoms with Gasteiger partial charge in [-0.05, 0) is 46.9 Å². The SMILES string of the molecule is CCOC(=O)/C=C1\c2ccccc2-c2ccc(OCO)cc21.[Y]. The Labute approximate surface area is 160 Å². The number of fused-ring (bicyclic) bond motifs is 3. The van der Waals surface area contributed by atoms with Crippen LogP contribution in [0.4, 0.5) is 0 Å². The van der Waals surface area contributed by atoms with Crippen molar-refractivity contribution < 1.29 is 52.1 Å². The van der Waals surface area contributed by atoms with Gasteiger partial charge in [0.2, 0.25) is 0 Å². The van der Waals surface area contributed by atoms with E-state index in [0.29, 0.717) is 12.4 Å². The van der Waals surface area contributed by atoms with Crippen molar-refractivity contribution in [1.29, 1.82) is 0 Å². The van der Waals surface area contributed by atoms with Gasteiger partial charge >= 0.3 is 5.97 Å². The molecule has 0 heterocycles. The second-order valence-corrected chi connectivity index (χ2v) is 4.84. The van der Waals surface area contributed by atoms with Gasteiger partial charge in [-0.1, -0.05) is 30.3 Å². The van der Waals surface area contributed by atoms with Crippen LogP contribution in [0.2, 0.25) is 0 Å². The maximum absolute atomic E-state index is 11.9. The van der Waals surface area contributed by atoms with Crippen molar-refractivity contribution in [2.45, 2.75) is 6.92 Å². The normalized spacial score (nSPS) is 13.0. The molecule has 23 heavy (non-hydrogen) atoms. The van der Waals surface area contributed by atoms with Crippen LogP contribution in [-0.2, 0) is 42.2 Å². The van der Waals surface area contributed by atoms with E-state index in [9.17, 15) is 4.79 Å². The van der Waals surface area contributed by atoms with Crippen LogP contribution < -0.4 is 4.74 Å². The van der Waals surface area contributed by atoms with E-state index in [1.807, 2.05) is 36.4 Å². The van der Waals surface area contributed by atoms with Crippen LogP contribution >= 0.6 is 0 Å². The average molecular weight is 385 g/mol. The molecule has 0 aromatic heterocycles. The van der Waals surface area contributed by atoms with Gasteiger partial charge in [-0.15, -0.1) is 0 Å². The van der Waals surface area contributed by atoms with Crippen molar-refractivity contribution in [1.82, 2.24) is 0 Å². The van der Waals surface area contributed by atoms with Gasteiger partial charge in [0.15, 0.2) is 6.79 Å². The molecule has 0 unspecified atom stereocenters. The van der Waals surface area contributed by atoms with Crippen LogP contribution in [0.3, 0.4) is 0 Å². The summed E-state index contributed by atoms with van der Waals surface area (Å²) in [6.45, 7) is 1.73. The van der Waals surface area contributed by atoms with Crippen LogP contribution in [-0.4, -0.2) is 24.5 Å². The molecule has 4 nitrogen and oxygen atoms in total. The second kappa shape index (κ2) is 7.87. The largest absolute Gasteiger partial charge is 0.468 e. The predicted molar refractivity (Wildman–Crippen MR) is 83.3 cm³/mol. The van der Waals surface area contributed by atoms with Crippen molar-refractivity contribution in [2.75, 3.05) is 13.4 Å². The summed E-state index contributed by atoms with van der Waals surface area (Å²) in [5.41, 5.74) is 4.82. The molecule has 0 aliphatic heterocycles. The molecule has 1 radical (unpaired) electrons. The Hall–Kier alpha value is -1.49. The Bertz CT molecular complexity index is 752. The molecule has 2 aromatic rings. The minimum atomic E-state index is -0.386. The second-order valence-electron chi connectivity index (χ2n) is 4.84. The van der Waals surface area contributed by atoms with Gasteiger partial charge in [0.25, 0.3) is 0 Å². The molecule has 3 rings (SSSR count). The number of carbonyl (C=O) groups is 1. The number of ether oxygens (including phenoxy) is 2. The Morgan fingerprint density at radius 1 is 1.09 bits per heavy atom. The summed E-state index contributed by atoms with van der Waals surface area (Å²) < 4.78 is 10.2. The van der Waals surface area contributed by atoms with E-state index >= 15 is 0 Å². The fourth-order valence-corrected chi connectivity index (χ4v) is 2.70. The van der Waals surface area contributed by atoms with Crippen LogP contribution in [0.1, 0.15) is 18.1 Å². The number of benzene rings is 2. The third-order valence-corrected chi connectivity index (χ3v) is 3.57. The molecule has 0 saturated heterocycles. The Kier molecular flexibility index (Phi) is 6.11. The third-order valence-electron chi connectivity index (χ3n) is 3.57. The molecule has 115 valence electrons. The van der Waals surface area contributed by atoms with Crippen molar-refractivity contribution in [3.05, 3.63) is 59.7 Å². The molecule has 0 atom stereocenters. The summed E-state index contributed by atoms with van der Waals surface area (Å²) in [4.78, 5) is 11.9. The topological polar surface area (TPSA) is 55.8 Å². The molecule has 1 aliphatic rings. The molecule has 1 aliphatic carbocycles. The summed E-state index contributed by atoms with van der Waals surface area (Å²) in [5, 5.41) is 8.91. The molecule has 5 heteroatoms. The molecule has 2 aromatic carbocycles. The zero-order valence-corrected chi connectivity index (χ0v) is 15.6. The van der Waals surface area contributed by atoms with Crippen LogP contribution in [0.25, 0.3) is 16.7 Å². The first-order valence-electron chi connectivity index (χ1n) is 7.11. The van der Waals surface area contributed by atoms with Crippen LogP contribution in [0.15, 0.2) is 48.5 Å².